The maximum absolute atomic E-state index is 11.2. The van der Waals surface area contributed by atoms with Crippen LogP contribution < -0.4 is 16.0 Å². The molecule has 4 N–H and O–H groups in total. The van der Waals surface area contributed by atoms with Crippen molar-refractivity contribution < 1.29 is 19.4 Å². The van der Waals surface area contributed by atoms with Crippen LogP contribution in [0, 0.1) is 0 Å². The molecule has 0 saturated heterocycles. The molecule has 0 radical (unpaired) electrons. The van der Waals surface area contributed by atoms with Crippen LogP contribution in [0.4, 0.5) is 4.79 Å². The van der Waals surface area contributed by atoms with Gasteiger partial charge in [0.1, 0.15) is 12.1 Å². The van der Waals surface area contributed by atoms with E-state index in [9.17, 15) is 9.59 Å². The van der Waals surface area contributed by atoms with Crippen LogP contribution >= 0.6 is 12.2 Å². The van der Waals surface area contributed by atoms with Gasteiger partial charge >= 0.3 is 12.1 Å². The first kappa shape index (κ1) is 16.4. The highest BCUT2D eigenvalue weighted by molar-refractivity contribution is 7.80. The normalized spacial score (nSPS) is 10.4. The molecule has 8 heteroatoms. The molecule has 7 nitrogen and oxygen atoms in total. The highest BCUT2D eigenvalue weighted by Crippen LogP contribution is 2.05. The van der Waals surface area contributed by atoms with Crippen molar-refractivity contribution in [2.24, 2.45) is 0 Å². The average Bonchev–Trinajstić information content (AvgIpc) is 2.19. The Hall–Kier alpha value is -1.57. The first-order valence-electron chi connectivity index (χ1n) is 5.41. The Balaban J connectivity index is 3.59. The average molecular weight is 277 g/mol. The Bertz CT molecular complexity index is 315. The number of hydrogen-bond donors (Lipinski definition) is 4. The Kier molecular flexibility index (Phi) is 7.03. The van der Waals surface area contributed by atoms with Crippen molar-refractivity contribution in [3.05, 3.63) is 0 Å². The van der Waals surface area contributed by atoms with Gasteiger partial charge in [-0.15, -0.1) is 0 Å². The van der Waals surface area contributed by atoms with E-state index in [1.54, 1.807) is 20.8 Å². The summed E-state index contributed by atoms with van der Waals surface area (Å²) in [7, 11) is 0. The molecule has 0 aromatic rings. The molecular formula is C10H19N3O4S. The highest BCUT2D eigenvalue weighted by Gasteiger charge is 2.15. The molecule has 0 aromatic carbocycles. The molecule has 0 aliphatic rings. The Morgan fingerprint density at radius 1 is 1.17 bits per heavy atom. The molecule has 0 atom stereocenters. The van der Waals surface area contributed by atoms with Gasteiger partial charge in [0.15, 0.2) is 5.11 Å². The fraction of sp³-hybridized carbons (Fsp3) is 0.700. The van der Waals surface area contributed by atoms with Crippen molar-refractivity contribution in [1.82, 2.24) is 16.0 Å². The number of thiocarbonyl (C=S) groups is 1. The lowest BCUT2D eigenvalue weighted by Crippen LogP contribution is -2.42. The number of alkyl carbamates (subject to hydrolysis) is 1. The molecule has 0 saturated carbocycles. The molecule has 0 aromatic heterocycles. The number of ether oxygens (including phenoxy) is 1. The van der Waals surface area contributed by atoms with Gasteiger partial charge in [0.2, 0.25) is 0 Å². The lowest BCUT2D eigenvalue weighted by atomic mass is 10.2. The molecule has 0 spiro atoms. The van der Waals surface area contributed by atoms with Crippen molar-refractivity contribution in [3.63, 3.8) is 0 Å². The predicted molar refractivity (Wildman–Crippen MR) is 70.5 cm³/mol. The third-order valence-corrected chi connectivity index (χ3v) is 1.77. The van der Waals surface area contributed by atoms with Crippen LogP contribution in [-0.2, 0) is 9.53 Å². The summed E-state index contributed by atoms with van der Waals surface area (Å²) in [6, 6.07) is 0. The molecule has 0 rings (SSSR count). The van der Waals surface area contributed by atoms with E-state index in [-0.39, 0.29) is 11.7 Å². The fourth-order valence-electron chi connectivity index (χ4n) is 0.873. The van der Waals surface area contributed by atoms with E-state index in [1.165, 1.54) is 0 Å². The monoisotopic (exact) mass is 277 g/mol. The van der Waals surface area contributed by atoms with Gasteiger partial charge in [0.05, 0.1) is 0 Å². The van der Waals surface area contributed by atoms with Crippen LogP contribution in [0.5, 0.6) is 0 Å². The number of carbonyl (C=O) groups is 2. The standard InChI is InChI=1S/C10H19N3O4S/c1-10(2,3)17-9(16)12-5-4-11-8(18)13-6-7(14)15/h4-6H2,1-3H3,(H,12,16)(H,14,15)(H2,11,13,18). The quantitative estimate of drug-likeness (QED) is 0.416. The van der Waals surface area contributed by atoms with E-state index in [1.807, 2.05) is 0 Å². The zero-order chi connectivity index (χ0) is 14.2. The van der Waals surface area contributed by atoms with Crippen LogP contribution in [0.3, 0.4) is 0 Å². The van der Waals surface area contributed by atoms with Crippen molar-refractivity contribution >= 4 is 29.4 Å². The zero-order valence-electron chi connectivity index (χ0n) is 10.7. The molecule has 1 amide bonds. The number of carboxylic acids is 1. The molecule has 0 bridgehead atoms. The van der Waals surface area contributed by atoms with Crippen molar-refractivity contribution in [2.75, 3.05) is 19.6 Å². The van der Waals surface area contributed by atoms with Crippen LogP contribution in [0.1, 0.15) is 20.8 Å². The lowest BCUT2D eigenvalue weighted by molar-refractivity contribution is -0.135. The van der Waals surface area contributed by atoms with Crippen LogP contribution in [-0.4, -0.2) is 47.5 Å². The Labute approximate surface area is 111 Å². The first-order valence-corrected chi connectivity index (χ1v) is 5.82. The maximum Gasteiger partial charge on any atom is 0.407 e. The van der Waals surface area contributed by atoms with Crippen molar-refractivity contribution in [2.45, 2.75) is 26.4 Å². The predicted octanol–water partition coefficient (Wildman–Crippen LogP) is 0.0598. The van der Waals surface area contributed by atoms with Gasteiger partial charge < -0.3 is 25.8 Å². The van der Waals surface area contributed by atoms with Gasteiger partial charge in [0, 0.05) is 13.1 Å². The molecule has 0 aliphatic carbocycles. The lowest BCUT2D eigenvalue weighted by Gasteiger charge is -2.19. The minimum atomic E-state index is -0.994. The second-order valence-corrected chi connectivity index (χ2v) is 4.84. The second-order valence-electron chi connectivity index (χ2n) is 4.43. The Morgan fingerprint density at radius 3 is 2.22 bits per heavy atom. The van der Waals surface area contributed by atoms with Crippen LogP contribution in [0.15, 0.2) is 0 Å². The number of rotatable bonds is 5. The zero-order valence-corrected chi connectivity index (χ0v) is 11.5. The van der Waals surface area contributed by atoms with E-state index in [4.69, 9.17) is 22.1 Å². The number of hydrogen-bond acceptors (Lipinski definition) is 4. The minimum absolute atomic E-state index is 0.225. The number of nitrogens with one attached hydrogen (secondary N) is 3. The largest absolute Gasteiger partial charge is 0.480 e. The van der Waals surface area contributed by atoms with E-state index in [0.29, 0.717) is 13.1 Å². The number of carboxylic acid groups (broad SMARTS) is 1. The molecular weight excluding hydrogens is 258 g/mol. The summed E-state index contributed by atoms with van der Waals surface area (Å²) in [4.78, 5) is 21.5. The van der Waals surface area contributed by atoms with E-state index in [0.717, 1.165) is 0 Å². The summed E-state index contributed by atoms with van der Waals surface area (Å²) >= 11 is 4.81. The topological polar surface area (TPSA) is 99.7 Å². The summed E-state index contributed by atoms with van der Waals surface area (Å²) in [6.07, 6.45) is -0.506. The molecule has 0 fully saturated rings. The van der Waals surface area contributed by atoms with Crippen molar-refractivity contribution in [3.8, 4) is 0 Å². The maximum atomic E-state index is 11.2. The number of amides is 1. The molecule has 18 heavy (non-hydrogen) atoms. The van der Waals surface area contributed by atoms with Gasteiger partial charge in [-0.25, -0.2) is 4.79 Å². The third-order valence-electron chi connectivity index (χ3n) is 1.48. The first-order chi connectivity index (χ1) is 8.20. The van der Waals surface area contributed by atoms with Crippen LogP contribution in [0.2, 0.25) is 0 Å². The molecule has 0 aliphatic heterocycles. The SMILES string of the molecule is CC(C)(C)OC(=O)NCCNC(=S)NCC(=O)O. The fourth-order valence-corrected chi connectivity index (χ4v) is 1.05. The van der Waals surface area contributed by atoms with E-state index >= 15 is 0 Å². The smallest absolute Gasteiger partial charge is 0.407 e. The van der Waals surface area contributed by atoms with Gasteiger partial charge in [0.25, 0.3) is 0 Å². The Morgan fingerprint density at radius 2 is 1.72 bits per heavy atom. The summed E-state index contributed by atoms with van der Waals surface area (Å²) in [6.45, 7) is 5.78. The summed E-state index contributed by atoms with van der Waals surface area (Å²) in [5, 5.41) is 16.4. The second kappa shape index (κ2) is 7.70. The number of carbonyl (C=O) groups excluding carboxylic acids is 1. The molecule has 0 heterocycles. The van der Waals surface area contributed by atoms with Gasteiger partial charge in [-0.05, 0) is 33.0 Å². The number of aliphatic carboxylic acids is 1. The van der Waals surface area contributed by atoms with E-state index in [2.05, 4.69) is 16.0 Å². The van der Waals surface area contributed by atoms with Gasteiger partial charge in [-0.2, -0.15) is 0 Å². The summed E-state index contributed by atoms with van der Waals surface area (Å²) < 4.78 is 5.02. The van der Waals surface area contributed by atoms with Crippen LogP contribution in [0.25, 0.3) is 0 Å². The summed E-state index contributed by atoms with van der Waals surface area (Å²) in [5.41, 5.74) is -0.532. The summed E-state index contributed by atoms with van der Waals surface area (Å²) in [5.74, 6) is -0.994. The highest BCUT2D eigenvalue weighted by atomic mass is 32.1. The van der Waals surface area contributed by atoms with Gasteiger partial charge in [-0.1, -0.05) is 0 Å². The minimum Gasteiger partial charge on any atom is -0.480 e. The van der Waals surface area contributed by atoms with E-state index < -0.39 is 17.7 Å². The van der Waals surface area contributed by atoms with Crippen molar-refractivity contribution in [1.29, 1.82) is 0 Å². The molecule has 0 unspecified atom stereocenters. The third kappa shape index (κ3) is 10.9. The molecule has 104 valence electrons. The van der Waals surface area contributed by atoms with Gasteiger partial charge in [-0.3, -0.25) is 4.79 Å².